The molecule has 2 heterocycles. The minimum atomic E-state index is -0.553. The second kappa shape index (κ2) is 9.58. The van der Waals surface area contributed by atoms with E-state index in [2.05, 4.69) is 5.32 Å². The molecule has 1 aromatic carbocycles. The Labute approximate surface area is 195 Å². The lowest BCUT2D eigenvalue weighted by atomic mass is 9.85. The van der Waals surface area contributed by atoms with Crippen LogP contribution in [0.25, 0.3) is 10.4 Å². The Bertz CT molecular complexity index is 1090. The average Bonchev–Trinajstić information content (AvgIpc) is 3.34. The number of fused-ring (bicyclic) bond motifs is 1. The van der Waals surface area contributed by atoms with E-state index in [1.54, 1.807) is 32.2 Å². The Kier molecular flexibility index (Phi) is 6.60. The lowest BCUT2D eigenvalue weighted by Crippen LogP contribution is -2.38. The van der Waals surface area contributed by atoms with Gasteiger partial charge in [0.05, 0.1) is 31.2 Å². The molecule has 0 saturated carbocycles. The number of ether oxygens (including phenoxy) is 2. The van der Waals surface area contributed by atoms with E-state index in [0.29, 0.717) is 18.6 Å². The molecule has 1 aromatic heterocycles. The number of esters is 1. The van der Waals surface area contributed by atoms with E-state index in [0.717, 1.165) is 15.3 Å². The third-order valence-corrected chi connectivity index (χ3v) is 6.91. The second-order valence-electron chi connectivity index (χ2n) is 7.77. The van der Waals surface area contributed by atoms with Gasteiger partial charge in [0.25, 0.3) is 0 Å². The first-order valence-corrected chi connectivity index (χ1v) is 11.5. The fourth-order valence-electron chi connectivity index (χ4n) is 4.09. The summed E-state index contributed by atoms with van der Waals surface area (Å²) in [6, 6.07) is 8.99. The van der Waals surface area contributed by atoms with E-state index < -0.39 is 23.7 Å². The van der Waals surface area contributed by atoms with Gasteiger partial charge in [0.1, 0.15) is 17.2 Å². The maximum atomic E-state index is 12.8. The number of allylic oxidation sites excluding steroid dienone is 2. The van der Waals surface area contributed by atoms with Crippen LogP contribution in [-0.2, 0) is 19.1 Å². The number of amides is 3. The number of likely N-dealkylation sites (tertiary alicyclic amines) is 1. The largest absolute Gasteiger partial charge is 0.497 e. The Morgan fingerprint density at radius 3 is 2.30 bits per heavy atom. The summed E-state index contributed by atoms with van der Waals surface area (Å²) in [5.74, 6) is -1.83. The number of hydrogen-bond donors (Lipinski definition) is 1. The van der Waals surface area contributed by atoms with Gasteiger partial charge in [-0.25, -0.2) is 4.79 Å². The number of nitrogens with zero attached hydrogens (tertiary/aromatic N) is 1. The predicted molar refractivity (Wildman–Crippen MR) is 123 cm³/mol. The number of nitrogens with one attached hydrogen (secondary N) is 1. The molecule has 0 spiro atoms. The highest BCUT2D eigenvalue weighted by Gasteiger charge is 2.47. The summed E-state index contributed by atoms with van der Waals surface area (Å²) in [4.78, 5) is 52.6. The number of thiophene rings is 1. The normalized spacial score (nSPS) is 19.4. The molecular formula is C24H24N2O6S. The van der Waals surface area contributed by atoms with Gasteiger partial charge in [-0.15, -0.1) is 11.3 Å². The van der Waals surface area contributed by atoms with Crippen molar-refractivity contribution in [3.05, 3.63) is 47.4 Å². The Morgan fingerprint density at radius 1 is 1.09 bits per heavy atom. The van der Waals surface area contributed by atoms with Gasteiger partial charge in [-0.1, -0.05) is 12.2 Å². The molecule has 3 amide bonds. The number of carbonyl (C=O) groups excluding carboxylic acids is 4. The van der Waals surface area contributed by atoms with Crippen LogP contribution in [0.5, 0.6) is 5.75 Å². The smallest absolute Gasteiger partial charge is 0.350 e. The minimum Gasteiger partial charge on any atom is -0.497 e. The van der Waals surface area contributed by atoms with E-state index in [4.69, 9.17) is 9.47 Å². The van der Waals surface area contributed by atoms with Crippen molar-refractivity contribution in [2.24, 2.45) is 11.8 Å². The van der Waals surface area contributed by atoms with E-state index in [-0.39, 0.29) is 35.5 Å². The standard InChI is InChI=1S/C24H24N2O6S/c1-3-32-24(30)21-18(12-19(33-21)14-8-10-15(31-2)11-9-14)25-20(27)13-26-22(28)16-6-4-5-7-17(16)23(26)29/h4-5,8-12,16-17H,3,6-7,13H2,1-2H3,(H,25,27). The van der Waals surface area contributed by atoms with E-state index in [9.17, 15) is 19.2 Å². The number of anilines is 1. The highest BCUT2D eigenvalue weighted by Crippen LogP contribution is 2.37. The first-order chi connectivity index (χ1) is 15.9. The number of rotatable bonds is 7. The van der Waals surface area contributed by atoms with Crippen LogP contribution in [0.2, 0.25) is 0 Å². The highest BCUT2D eigenvalue weighted by atomic mass is 32.1. The summed E-state index contributed by atoms with van der Waals surface area (Å²) < 4.78 is 10.3. The highest BCUT2D eigenvalue weighted by molar-refractivity contribution is 7.18. The minimum absolute atomic E-state index is 0.190. The third-order valence-electron chi connectivity index (χ3n) is 5.74. The molecular weight excluding hydrogens is 444 g/mol. The molecule has 4 rings (SSSR count). The molecule has 0 bridgehead atoms. The fourth-order valence-corrected chi connectivity index (χ4v) is 5.10. The number of carbonyl (C=O) groups is 4. The first-order valence-electron chi connectivity index (χ1n) is 10.7. The number of imide groups is 1. The lowest BCUT2D eigenvalue weighted by molar-refractivity contribution is -0.142. The van der Waals surface area contributed by atoms with Crippen molar-refractivity contribution >= 4 is 40.7 Å². The van der Waals surface area contributed by atoms with Crippen molar-refractivity contribution in [3.63, 3.8) is 0 Å². The van der Waals surface area contributed by atoms with Gasteiger partial charge in [0.15, 0.2) is 0 Å². The zero-order valence-corrected chi connectivity index (χ0v) is 19.1. The summed E-state index contributed by atoms with van der Waals surface area (Å²) in [6.45, 7) is 1.50. The monoisotopic (exact) mass is 468 g/mol. The molecule has 1 aliphatic heterocycles. The molecule has 172 valence electrons. The zero-order chi connectivity index (χ0) is 23.5. The van der Waals surface area contributed by atoms with Crippen molar-refractivity contribution in [1.29, 1.82) is 0 Å². The van der Waals surface area contributed by atoms with Gasteiger partial charge in [-0.3, -0.25) is 19.3 Å². The molecule has 1 saturated heterocycles. The fraction of sp³-hybridized carbons (Fsp3) is 0.333. The lowest BCUT2D eigenvalue weighted by Gasteiger charge is -2.14. The summed E-state index contributed by atoms with van der Waals surface area (Å²) in [6.07, 6.45) is 4.81. The maximum Gasteiger partial charge on any atom is 0.350 e. The Balaban J connectivity index is 1.54. The average molecular weight is 469 g/mol. The van der Waals surface area contributed by atoms with Crippen LogP contribution < -0.4 is 10.1 Å². The molecule has 2 atom stereocenters. The van der Waals surface area contributed by atoms with Crippen LogP contribution in [0.1, 0.15) is 29.4 Å². The van der Waals surface area contributed by atoms with Crippen molar-refractivity contribution < 1.29 is 28.7 Å². The number of benzene rings is 1. The molecule has 2 aliphatic rings. The maximum absolute atomic E-state index is 12.8. The van der Waals surface area contributed by atoms with Gasteiger partial charge >= 0.3 is 5.97 Å². The van der Waals surface area contributed by atoms with Gasteiger partial charge in [0.2, 0.25) is 17.7 Å². The van der Waals surface area contributed by atoms with Crippen molar-refractivity contribution in [2.75, 3.05) is 25.6 Å². The van der Waals surface area contributed by atoms with Crippen molar-refractivity contribution in [3.8, 4) is 16.2 Å². The summed E-state index contributed by atoms with van der Waals surface area (Å²) in [5, 5.41) is 2.70. The first kappa shape index (κ1) is 22.7. The molecule has 1 N–H and O–H groups in total. The Morgan fingerprint density at radius 2 is 1.73 bits per heavy atom. The quantitative estimate of drug-likeness (QED) is 0.379. The van der Waals surface area contributed by atoms with Crippen LogP contribution in [0.4, 0.5) is 5.69 Å². The molecule has 1 fully saturated rings. The van der Waals surface area contributed by atoms with Crippen LogP contribution >= 0.6 is 11.3 Å². The molecule has 8 nitrogen and oxygen atoms in total. The Hall–Kier alpha value is -3.46. The third kappa shape index (κ3) is 4.54. The van der Waals surface area contributed by atoms with Crippen LogP contribution in [0.3, 0.4) is 0 Å². The molecule has 2 aromatic rings. The molecule has 0 radical (unpaired) electrons. The van der Waals surface area contributed by atoms with Gasteiger partial charge in [-0.05, 0) is 55.7 Å². The van der Waals surface area contributed by atoms with Crippen LogP contribution in [-0.4, -0.2) is 48.9 Å². The van der Waals surface area contributed by atoms with Gasteiger partial charge in [0, 0.05) is 4.88 Å². The molecule has 1 aliphatic carbocycles. The van der Waals surface area contributed by atoms with Gasteiger partial charge < -0.3 is 14.8 Å². The number of hydrogen-bond acceptors (Lipinski definition) is 7. The summed E-state index contributed by atoms with van der Waals surface area (Å²) in [5.41, 5.74) is 1.13. The topological polar surface area (TPSA) is 102 Å². The van der Waals surface area contributed by atoms with E-state index >= 15 is 0 Å². The molecule has 33 heavy (non-hydrogen) atoms. The summed E-state index contributed by atoms with van der Waals surface area (Å²) >= 11 is 1.19. The second-order valence-corrected chi connectivity index (χ2v) is 8.82. The number of methoxy groups -OCH3 is 1. The van der Waals surface area contributed by atoms with Gasteiger partial charge in [-0.2, -0.15) is 0 Å². The van der Waals surface area contributed by atoms with Crippen molar-refractivity contribution in [2.45, 2.75) is 19.8 Å². The molecule has 9 heteroatoms. The molecule has 2 unspecified atom stereocenters. The van der Waals surface area contributed by atoms with Crippen LogP contribution in [0.15, 0.2) is 42.5 Å². The summed E-state index contributed by atoms with van der Waals surface area (Å²) in [7, 11) is 1.58. The predicted octanol–water partition coefficient (Wildman–Crippen LogP) is 3.49. The van der Waals surface area contributed by atoms with E-state index in [1.807, 2.05) is 24.3 Å². The SMILES string of the molecule is CCOC(=O)c1sc(-c2ccc(OC)cc2)cc1NC(=O)CN1C(=O)C2CC=CCC2C1=O. The zero-order valence-electron chi connectivity index (χ0n) is 18.3. The van der Waals surface area contributed by atoms with Crippen LogP contribution in [0, 0.1) is 11.8 Å². The van der Waals surface area contributed by atoms with Crippen molar-refractivity contribution in [1.82, 2.24) is 4.90 Å². The van der Waals surface area contributed by atoms with E-state index in [1.165, 1.54) is 11.3 Å².